The molecule has 100 valence electrons. The summed E-state index contributed by atoms with van der Waals surface area (Å²) in [6.45, 7) is 7.88. The van der Waals surface area contributed by atoms with Crippen molar-refractivity contribution in [1.82, 2.24) is 5.32 Å². The lowest BCUT2D eigenvalue weighted by molar-refractivity contribution is 0.244. The van der Waals surface area contributed by atoms with Crippen LogP contribution in [0.3, 0.4) is 0 Å². The highest BCUT2D eigenvalue weighted by atomic mass is 16.5. The third-order valence-electron chi connectivity index (χ3n) is 2.41. The summed E-state index contributed by atoms with van der Waals surface area (Å²) in [5.41, 5.74) is 1.60. The van der Waals surface area contributed by atoms with Gasteiger partial charge in [0.05, 0.1) is 7.11 Å². The number of carbonyl (C=O) groups excluding carboxylic acids is 1. The molecule has 4 heteroatoms. The Morgan fingerprint density at radius 3 is 2.50 bits per heavy atom. The van der Waals surface area contributed by atoms with Crippen LogP contribution in [0.25, 0.3) is 0 Å². The van der Waals surface area contributed by atoms with Crippen molar-refractivity contribution >= 4 is 11.7 Å². The molecular formula is C14H22N2O2. The molecule has 0 aliphatic rings. The molecule has 0 heterocycles. The molecule has 0 spiro atoms. The van der Waals surface area contributed by atoms with Gasteiger partial charge in [-0.2, -0.15) is 0 Å². The number of rotatable bonds is 3. The van der Waals surface area contributed by atoms with Gasteiger partial charge in [0.1, 0.15) is 5.75 Å². The molecule has 0 saturated heterocycles. The highest BCUT2D eigenvalue weighted by Gasteiger charge is 2.13. The summed E-state index contributed by atoms with van der Waals surface area (Å²) >= 11 is 0. The summed E-state index contributed by atoms with van der Waals surface area (Å²) in [4.78, 5) is 11.7. The van der Waals surface area contributed by atoms with Gasteiger partial charge < -0.3 is 15.4 Å². The molecule has 1 aromatic carbocycles. The lowest BCUT2D eigenvalue weighted by Gasteiger charge is -2.21. The Hall–Kier alpha value is -1.71. The van der Waals surface area contributed by atoms with Crippen LogP contribution in [0.4, 0.5) is 10.5 Å². The Kier molecular flexibility index (Phi) is 4.59. The van der Waals surface area contributed by atoms with Crippen LogP contribution in [0.2, 0.25) is 0 Å². The molecule has 2 N–H and O–H groups in total. The highest BCUT2D eigenvalue weighted by Crippen LogP contribution is 2.23. The van der Waals surface area contributed by atoms with E-state index in [0.717, 1.165) is 23.4 Å². The average molecular weight is 250 g/mol. The Labute approximate surface area is 109 Å². The molecule has 0 aliphatic carbocycles. The molecule has 18 heavy (non-hydrogen) atoms. The van der Waals surface area contributed by atoms with Crippen molar-refractivity contribution < 1.29 is 9.53 Å². The van der Waals surface area contributed by atoms with Gasteiger partial charge in [-0.05, 0) is 51.0 Å². The molecule has 0 aromatic heterocycles. The number of ether oxygens (including phenoxy) is 1. The van der Waals surface area contributed by atoms with Crippen LogP contribution in [-0.4, -0.2) is 18.7 Å². The van der Waals surface area contributed by atoms with Crippen LogP contribution < -0.4 is 15.4 Å². The zero-order valence-electron chi connectivity index (χ0n) is 11.8. The van der Waals surface area contributed by atoms with Crippen LogP contribution in [0.5, 0.6) is 5.75 Å². The summed E-state index contributed by atoms with van der Waals surface area (Å²) < 4.78 is 5.25. The summed E-state index contributed by atoms with van der Waals surface area (Å²) in [5, 5.41) is 5.67. The zero-order valence-corrected chi connectivity index (χ0v) is 11.8. The lowest BCUT2D eigenvalue weighted by Crippen LogP contribution is -2.43. The minimum absolute atomic E-state index is 0.199. The maximum absolute atomic E-state index is 11.7. The number of methoxy groups -OCH3 is 1. The number of hydrogen-bond acceptors (Lipinski definition) is 2. The molecule has 1 aromatic rings. The maximum Gasteiger partial charge on any atom is 0.319 e. The van der Waals surface area contributed by atoms with Gasteiger partial charge in [-0.15, -0.1) is 0 Å². The van der Waals surface area contributed by atoms with Crippen LogP contribution in [0.1, 0.15) is 33.3 Å². The van der Waals surface area contributed by atoms with E-state index in [1.54, 1.807) is 7.11 Å². The molecule has 0 atom stereocenters. The van der Waals surface area contributed by atoms with E-state index >= 15 is 0 Å². The first-order chi connectivity index (χ1) is 8.35. The van der Waals surface area contributed by atoms with Gasteiger partial charge in [0.25, 0.3) is 0 Å². The van der Waals surface area contributed by atoms with E-state index in [4.69, 9.17) is 4.74 Å². The van der Waals surface area contributed by atoms with E-state index < -0.39 is 0 Å². The number of aryl methyl sites for hydroxylation is 1. The number of nitrogens with one attached hydrogen (secondary N) is 2. The Bertz CT molecular complexity index is 422. The highest BCUT2D eigenvalue weighted by molar-refractivity contribution is 5.89. The van der Waals surface area contributed by atoms with Crippen molar-refractivity contribution in [3.05, 3.63) is 23.8 Å². The quantitative estimate of drug-likeness (QED) is 0.865. The smallest absolute Gasteiger partial charge is 0.319 e. The summed E-state index contributed by atoms with van der Waals surface area (Å²) in [6, 6.07) is 5.43. The van der Waals surface area contributed by atoms with Crippen molar-refractivity contribution in [2.75, 3.05) is 12.4 Å². The molecule has 0 saturated carbocycles. The minimum Gasteiger partial charge on any atom is -0.496 e. The van der Waals surface area contributed by atoms with Gasteiger partial charge in [0, 0.05) is 11.2 Å². The predicted molar refractivity (Wildman–Crippen MR) is 74.3 cm³/mol. The molecule has 0 bridgehead atoms. The monoisotopic (exact) mass is 250 g/mol. The molecule has 0 radical (unpaired) electrons. The van der Waals surface area contributed by atoms with E-state index in [1.165, 1.54) is 0 Å². The lowest BCUT2D eigenvalue weighted by atomic mass is 10.1. The third-order valence-corrected chi connectivity index (χ3v) is 2.41. The van der Waals surface area contributed by atoms with E-state index in [9.17, 15) is 4.79 Å². The minimum atomic E-state index is -0.246. The summed E-state index contributed by atoms with van der Waals surface area (Å²) in [7, 11) is 1.65. The van der Waals surface area contributed by atoms with Crippen molar-refractivity contribution in [1.29, 1.82) is 0 Å². The number of hydrogen-bond donors (Lipinski definition) is 2. The Morgan fingerprint density at radius 2 is 2.00 bits per heavy atom. The second-order valence-corrected chi connectivity index (χ2v) is 5.21. The number of benzene rings is 1. The van der Waals surface area contributed by atoms with Crippen molar-refractivity contribution in [2.45, 2.75) is 39.7 Å². The third kappa shape index (κ3) is 4.28. The van der Waals surface area contributed by atoms with Crippen LogP contribution >= 0.6 is 0 Å². The van der Waals surface area contributed by atoms with Crippen LogP contribution in [0.15, 0.2) is 18.2 Å². The summed E-state index contributed by atoms with van der Waals surface area (Å²) in [6.07, 6.45) is 0.861. The van der Waals surface area contributed by atoms with Gasteiger partial charge in [-0.1, -0.05) is 6.92 Å². The van der Waals surface area contributed by atoms with Gasteiger partial charge in [0.2, 0.25) is 0 Å². The fourth-order valence-corrected chi connectivity index (χ4v) is 1.64. The van der Waals surface area contributed by atoms with Gasteiger partial charge in [-0.25, -0.2) is 4.79 Å². The molecule has 0 fully saturated rings. The second kappa shape index (κ2) is 5.76. The van der Waals surface area contributed by atoms with Crippen LogP contribution in [-0.2, 0) is 6.42 Å². The van der Waals surface area contributed by atoms with Crippen molar-refractivity contribution in [2.24, 2.45) is 0 Å². The maximum atomic E-state index is 11.7. The fourth-order valence-electron chi connectivity index (χ4n) is 1.64. The fraction of sp³-hybridized carbons (Fsp3) is 0.500. The van der Waals surface area contributed by atoms with Crippen molar-refractivity contribution in [3.63, 3.8) is 0 Å². The summed E-state index contributed by atoms with van der Waals surface area (Å²) in [5.74, 6) is 0.847. The number of urea groups is 1. The largest absolute Gasteiger partial charge is 0.496 e. The molecule has 0 unspecified atom stereocenters. The van der Waals surface area contributed by atoms with Crippen LogP contribution in [0, 0.1) is 0 Å². The SMILES string of the molecule is CCc1cc(NC(=O)NC(C)(C)C)ccc1OC. The van der Waals surface area contributed by atoms with E-state index in [2.05, 4.69) is 17.6 Å². The second-order valence-electron chi connectivity index (χ2n) is 5.21. The average Bonchev–Trinajstić information content (AvgIpc) is 2.26. The number of carbonyl (C=O) groups is 1. The first kappa shape index (κ1) is 14.4. The molecular weight excluding hydrogens is 228 g/mol. The predicted octanol–water partition coefficient (Wildman–Crippen LogP) is 3.18. The first-order valence-corrected chi connectivity index (χ1v) is 6.12. The first-order valence-electron chi connectivity index (χ1n) is 6.12. The number of amides is 2. The van der Waals surface area contributed by atoms with Crippen molar-refractivity contribution in [3.8, 4) is 5.75 Å². The van der Waals surface area contributed by atoms with E-state index in [-0.39, 0.29) is 11.6 Å². The molecule has 4 nitrogen and oxygen atoms in total. The van der Waals surface area contributed by atoms with Gasteiger partial charge in [-0.3, -0.25) is 0 Å². The molecule has 1 rings (SSSR count). The number of anilines is 1. The Balaban J connectivity index is 2.76. The Morgan fingerprint density at radius 1 is 1.33 bits per heavy atom. The van der Waals surface area contributed by atoms with E-state index in [1.807, 2.05) is 39.0 Å². The molecule has 0 aliphatic heterocycles. The standard InChI is InChI=1S/C14H22N2O2/c1-6-10-9-11(7-8-12(10)18-5)15-13(17)16-14(2,3)4/h7-9H,6H2,1-5H3,(H2,15,16,17). The van der Waals surface area contributed by atoms with E-state index in [0.29, 0.717) is 0 Å². The normalized spacial score (nSPS) is 10.9. The van der Waals surface area contributed by atoms with Gasteiger partial charge in [0.15, 0.2) is 0 Å². The topological polar surface area (TPSA) is 50.4 Å². The zero-order chi connectivity index (χ0) is 13.8. The van der Waals surface area contributed by atoms with Gasteiger partial charge >= 0.3 is 6.03 Å². The molecule has 2 amide bonds.